The largest absolute Gasteiger partial charge is 0.390 e. The Morgan fingerprint density at radius 3 is 2.95 bits per heavy atom. The molecular formula is C13H17FN4O2. The van der Waals surface area contributed by atoms with Gasteiger partial charge in [-0.2, -0.15) is 0 Å². The van der Waals surface area contributed by atoms with Crippen molar-refractivity contribution < 1.29 is 9.31 Å². The molecule has 0 saturated carbocycles. The summed E-state index contributed by atoms with van der Waals surface area (Å²) in [6.07, 6.45) is 3.46. The van der Waals surface area contributed by atoms with E-state index in [-0.39, 0.29) is 11.3 Å². The average Bonchev–Trinajstić information content (AvgIpc) is 2.38. The third-order valence-corrected chi connectivity index (χ3v) is 2.86. The summed E-state index contributed by atoms with van der Waals surface area (Å²) in [4.78, 5) is 13.7. The minimum absolute atomic E-state index is 0.124. The molecule has 1 unspecified atom stereocenters. The van der Waals surface area contributed by atoms with E-state index in [2.05, 4.69) is 17.0 Å². The number of rotatable bonds is 7. The fraction of sp³-hybridized carbons (Fsp3) is 0.308. The molecule has 1 aromatic rings. The van der Waals surface area contributed by atoms with E-state index in [4.69, 9.17) is 5.73 Å². The molecule has 0 heterocycles. The molecule has 1 rings (SSSR count). The van der Waals surface area contributed by atoms with Crippen LogP contribution in [0.4, 0.5) is 10.1 Å². The van der Waals surface area contributed by atoms with E-state index >= 15 is 0 Å². The molecule has 0 fully saturated rings. The van der Waals surface area contributed by atoms with Gasteiger partial charge in [0.2, 0.25) is 0 Å². The van der Waals surface area contributed by atoms with Crippen LogP contribution >= 0.6 is 0 Å². The number of hydrogen-bond acceptors (Lipinski definition) is 5. The lowest BCUT2D eigenvalue weighted by molar-refractivity contribution is -0.385. The number of nitro benzene ring substituents is 1. The van der Waals surface area contributed by atoms with E-state index < -0.39 is 16.3 Å². The van der Waals surface area contributed by atoms with Crippen molar-refractivity contribution in [3.63, 3.8) is 0 Å². The average molecular weight is 280 g/mol. The number of benzene rings is 1. The van der Waals surface area contributed by atoms with Crippen LogP contribution in [-0.4, -0.2) is 18.2 Å². The summed E-state index contributed by atoms with van der Waals surface area (Å²) in [6.45, 7) is 5.38. The summed E-state index contributed by atoms with van der Waals surface area (Å²) in [5, 5.41) is 13.6. The highest BCUT2D eigenvalue weighted by molar-refractivity contribution is 5.38. The standard InChI is InChI=1S/C13H17FN4O2/c1-13(15,5-6-17-8-7-16-2)11-9-10(18(19)20)3-4-12(11)14/h3-4,7-9,17H,2,5-6,15H2,1H3/b8-7-. The molecule has 1 aromatic carbocycles. The van der Waals surface area contributed by atoms with Gasteiger partial charge in [-0.05, 0) is 26.1 Å². The van der Waals surface area contributed by atoms with Gasteiger partial charge in [0.05, 0.1) is 4.92 Å². The Bertz CT molecular complexity index is 529. The van der Waals surface area contributed by atoms with E-state index in [1.165, 1.54) is 12.3 Å². The van der Waals surface area contributed by atoms with Gasteiger partial charge in [-0.1, -0.05) is 0 Å². The van der Waals surface area contributed by atoms with E-state index in [9.17, 15) is 14.5 Å². The van der Waals surface area contributed by atoms with Gasteiger partial charge in [-0.15, -0.1) is 0 Å². The number of halogens is 1. The molecule has 0 radical (unpaired) electrons. The minimum Gasteiger partial charge on any atom is -0.390 e. The molecule has 6 nitrogen and oxygen atoms in total. The molecule has 0 amide bonds. The fourth-order valence-corrected chi connectivity index (χ4v) is 1.72. The fourth-order valence-electron chi connectivity index (χ4n) is 1.72. The number of hydrogen-bond donors (Lipinski definition) is 2. The number of nitrogens with zero attached hydrogens (tertiary/aromatic N) is 2. The summed E-state index contributed by atoms with van der Waals surface area (Å²) < 4.78 is 13.8. The summed E-state index contributed by atoms with van der Waals surface area (Å²) in [6, 6.07) is 3.36. The Kier molecular flexibility index (Phi) is 5.33. The van der Waals surface area contributed by atoms with Crippen molar-refractivity contribution >= 4 is 12.4 Å². The smallest absolute Gasteiger partial charge is 0.269 e. The second kappa shape index (κ2) is 6.76. The lowest BCUT2D eigenvalue weighted by atomic mass is 9.89. The van der Waals surface area contributed by atoms with Crippen molar-refractivity contribution in [2.24, 2.45) is 10.7 Å². The van der Waals surface area contributed by atoms with E-state index in [1.54, 1.807) is 13.1 Å². The van der Waals surface area contributed by atoms with E-state index in [0.29, 0.717) is 13.0 Å². The SMILES string of the molecule is C=N/C=C\NCCC(C)(N)c1cc([N+](=O)[O-])ccc1F. The molecule has 0 aliphatic rings. The first-order valence-corrected chi connectivity index (χ1v) is 5.96. The molecule has 0 aliphatic carbocycles. The first-order valence-electron chi connectivity index (χ1n) is 5.96. The maximum absolute atomic E-state index is 13.8. The molecule has 0 bridgehead atoms. The van der Waals surface area contributed by atoms with Crippen LogP contribution in [0.3, 0.4) is 0 Å². The highest BCUT2D eigenvalue weighted by Crippen LogP contribution is 2.27. The van der Waals surface area contributed by atoms with Crippen molar-refractivity contribution in [2.45, 2.75) is 18.9 Å². The third-order valence-electron chi connectivity index (χ3n) is 2.86. The van der Waals surface area contributed by atoms with Crippen molar-refractivity contribution in [3.05, 3.63) is 52.1 Å². The third kappa shape index (κ3) is 4.13. The lowest BCUT2D eigenvalue weighted by Crippen LogP contribution is -2.36. The number of nitrogens with one attached hydrogen (secondary N) is 1. The van der Waals surface area contributed by atoms with Crippen LogP contribution in [0.15, 0.2) is 35.6 Å². The minimum atomic E-state index is -1.02. The molecule has 0 spiro atoms. The van der Waals surface area contributed by atoms with Crippen LogP contribution in [0, 0.1) is 15.9 Å². The molecule has 0 aromatic heterocycles. The quantitative estimate of drug-likeness (QED) is 0.346. The normalized spacial score (nSPS) is 13.9. The Hall–Kier alpha value is -2.28. The molecule has 1 atom stereocenters. The number of nitrogens with two attached hydrogens (primary N) is 1. The van der Waals surface area contributed by atoms with Crippen LogP contribution in [0.5, 0.6) is 0 Å². The summed E-state index contributed by atoms with van der Waals surface area (Å²) in [5.74, 6) is -0.552. The molecule has 7 heteroatoms. The van der Waals surface area contributed by atoms with Crippen LogP contribution in [0.25, 0.3) is 0 Å². The van der Waals surface area contributed by atoms with Crippen LogP contribution in [0.2, 0.25) is 0 Å². The molecule has 3 N–H and O–H groups in total. The van der Waals surface area contributed by atoms with Crippen molar-refractivity contribution in [2.75, 3.05) is 6.54 Å². The number of nitro groups is 1. The summed E-state index contributed by atoms with van der Waals surface area (Å²) in [5.41, 5.74) is 4.99. The Morgan fingerprint density at radius 1 is 1.65 bits per heavy atom. The Balaban J connectivity index is 2.85. The van der Waals surface area contributed by atoms with Crippen LogP contribution < -0.4 is 11.1 Å². The predicted octanol–water partition coefficient (Wildman–Crippen LogP) is 2.06. The summed E-state index contributed by atoms with van der Waals surface area (Å²) in [7, 11) is 0. The van der Waals surface area contributed by atoms with Gasteiger partial charge in [0.1, 0.15) is 5.82 Å². The van der Waals surface area contributed by atoms with Gasteiger partial charge in [0.15, 0.2) is 0 Å². The highest BCUT2D eigenvalue weighted by Gasteiger charge is 2.26. The van der Waals surface area contributed by atoms with Gasteiger partial charge >= 0.3 is 0 Å². The highest BCUT2D eigenvalue weighted by atomic mass is 19.1. The molecule has 0 aliphatic heterocycles. The zero-order valence-corrected chi connectivity index (χ0v) is 11.2. The van der Waals surface area contributed by atoms with Crippen LogP contribution in [-0.2, 0) is 5.54 Å². The van der Waals surface area contributed by atoms with Gasteiger partial charge in [0, 0.05) is 42.2 Å². The van der Waals surface area contributed by atoms with E-state index in [0.717, 1.165) is 12.1 Å². The van der Waals surface area contributed by atoms with Crippen molar-refractivity contribution in [3.8, 4) is 0 Å². The monoisotopic (exact) mass is 280 g/mol. The van der Waals surface area contributed by atoms with Crippen molar-refractivity contribution in [1.82, 2.24) is 5.32 Å². The summed E-state index contributed by atoms with van der Waals surface area (Å²) >= 11 is 0. The zero-order valence-electron chi connectivity index (χ0n) is 11.2. The molecule has 0 saturated heterocycles. The second-order valence-corrected chi connectivity index (χ2v) is 4.54. The van der Waals surface area contributed by atoms with Crippen molar-refractivity contribution in [1.29, 1.82) is 0 Å². The lowest BCUT2D eigenvalue weighted by Gasteiger charge is -2.25. The molecular weight excluding hydrogens is 263 g/mol. The number of aliphatic imine (C=N–C) groups is 1. The van der Waals surface area contributed by atoms with E-state index in [1.807, 2.05) is 0 Å². The van der Waals surface area contributed by atoms with Gasteiger partial charge < -0.3 is 11.1 Å². The molecule has 108 valence electrons. The zero-order chi connectivity index (χ0) is 15.2. The predicted molar refractivity (Wildman–Crippen MR) is 75.9 cm³/mol. The van der Waals surface area contributed by atoms with Gasteiger partial charge in [-0.3, -0.25) is 15.1 Å². The Morgan fingerprint density at radius 2 is 2.35 bits per heavy atom. The first kappa shape index (κ1) is 15.8. The second-order valence-electron chi connectivity index (χ2n) is 4.54. The van der Waals surface area contributed by atoms with Gasteiger partial charge in [0.25, 0.3) is 5.69 Å². The molecule has 20 heavy (non-hydrogen) atoms. The number of non-ortho nitro benzene ring substituents is 1. The van der Waals surface area contributed by atoms with Gasteiger partial charge in [-0.25, -0.2) is 4.39 Å². The van der Waals surface area contributed by atoms with Crippen LogP contribution in [0.1, 0.15) is 18.9 Å². The topological polar surface area (TPSA) is 93.5 Å². The maximum atomic E-state index is 13.8. The maximum Gasteiger partial charge on any atom is 0.269 e. The first-order chi connectivity index (χ1) is 9.38. The Labute approximate surface area is 116 Å².